The van der Waals surface area contributed by atoms with Gasteiger partial charge in [0, 0.05) is 18.7 Å². The molecule has 2 rings (SSSR count). The van der Waals surface area contributed by atoms with Gasteiger partial charge in [0.05, 0.1) is 6.61 Å². The highest BCUT2D eigenvalue weighted by Gasteiger charge is 2.23. The van der Waals surface area contributed by atoms with Crippen molar-refractivity contribution in [3.8, 4) is 0 Å². The van der Waals surface area contributed by atoms with Gasteiger partial charge in [0.1, 0.15) is 5.76 Å². The molecule has 1 N–H and O–H groups in total. The average molecular weight is 125 g/mol. The molecule has 0 amide bonds. The number of hydrogen-bond donors (Lipinski definition) is 1. The third-order valence-corrected chi connectivity index (χ3v) is 2.02. The normalized spacial score (nSPS) is 32.0. The van der Waals surface area contributed by atoms with Crippen LogP contribution in [0.3, 0.4) is 0 Å². The Morgan fingerprint density at radius 2 is 2.56 bits per heavy atom. The van der Waals surface area contributed by atoms with Gasteiger partial charge in [-0.3, -0.25) is 0 Å². The number of rotatable bonds is 0. The summed E-state index contributed by atoms with van der Waals surface area (Å²) in [7, 11) is 0. The molecule has 0 aromatic heterocycles. The van der Waals surface area contributed by atoms with E-state index in [4.69, 9.17) is 4.74 Å². The smallest absolute Gasteiger partial charge is 0.115 e. The zero-order valence-electron chi connectivity index (χ0n) is 5.39. The maximum Gasteiger partial charge on any atom is 0.115 e. The van der Waals surface area contributed by atoms with Crippen molar-refractivity contribution in [3.05, 3.63) is 12.0 Å². The fraction of sp³-hybridized carbons (Fsp3) is 0.714. The van der Waals surface area contributed by atoms with Crippen molar-refractivity contribution >= 4 is 0 Å². The molecule has 0 bridgehead atoms. The average Bonchev–Trinajstić information content (AvgIpc) is 2.33. The van der Waals surface area contributed by atoms with Gasteiger partial charge in [0.2, 0.25) is 0 Å². The first kappa shape index (κ1) is 5.15. The van der Waals surface area contributed by atoms with Gasteiger partial charge in [-0.1, -0.05) is 0 Å². The van der Waals surface area contributed by atoms with Gasteiger partial charge in [-0.2, -0.15) is 0 Å². The first-order valence-electron chi connectivity index (χ1n) is 3.53. The monoisotopic (exact) mass is 125 g/mol. The molecule has 1 unspecified atom stereocenters. The number of allylic oxidation sites excluding steroid dienone is 1. The molecule has 2 aliphatic heterocycles. The summed E-state index contributed by atoms with van der Waals surface area (Å²) in [6, 6.07) is 0. The van der Waals surface area contributed by atoms with Gasteiger partial charge < -0.3 is 10.1 Å². The Kier molecular flexibility index (Phi) is 1.11. The highest BCUT2D eigenvalue weighted by atomic mass is 16.5. The van der Waals surface area contributed by atoms with E-state index in [1.54, 1.807) is 0 Å². The second-order valence-corrected chi connectivity index (χ2v) is 2.62. The number of hydrogen-bond acceptors (Lipinski definition) is 2. The third-order valence-electron chi connectivity index (χ3n) is 2.02. The summed E-state index contributed by atoms with van der Waals surface area (Å²) in [6.07, 6.45) is 4.50. The molecule has 1 fully saturated rings. The molecule has 1 atom stereocenters. The van der Waals surface area contributed by atoms with Gasteiger partial charge in [-0.25, -0.2) is 0 Å². The van der Waals surface area contributed by atoms with Crippen LogP contribution in [0, 0.1) is 5.92 Å². The van der Waals surface area contributed by atoms with Crippen LogP contribution in [-0.4, -0.2) is 13.2 Å². The summed E-state index contributed by atoms with van der Waals surface area (Å²) in [4.78, 5) is 0. The largest absolute Gasteiger partial charge is 0.496 e. The predicted octanol–water partition coefficient (Wildman–Crippen LogP) is 0.858. The Labute approximate surface area is 54.9 Å². The second kappa shape index (κ2) is 1.94. The van der Waals surface area contributed by atoms with E-state index in [0.717, 1.165) is 19.1 Å². The lowest BCUT2D eigenvalue weighted by molar-refractivity contribution is 0.252. The fourth-order valence-corrected chi connectivity index (χ4v) is 1.46. The Balaban J connectivity index is 2.16. The van der Waals surface area contributed by atoms with Crippen molar-refractivity contribution in [2.45, 2.75) is 12.8 Å². The molecule has 0 aromatic carbocycles. The molecular formula is C7H11NO. The first-order valence-corrected chi connectivity index (χ1v) is 3.53. The molecule has 0 aromatic rings. The maximum absolute atomic E-state index is 5.36. The van der Waals surface area contributed by atoms with E-state index in [-0.39, 0.29) is 0 Å². The van der Waals surface area contributed by atoms with Crippen LogP contribution in [-0.2, 0) is 4.74 Å². The number of nitrogens with one attached hydrogen (secondary N) is 1. The molecule has 0 spiro atoms. The molecule has 1 saturated heterocycles. The van der Waals surface area contributed by atoms with Crippen LogP contribution in [0.25, 0.3) is 0 Å². The Bertz CT molecular complexity index is 142. The molecular weight excluding hydrogens is 114 g/mol. The molecule has 0 radical (unpaired) electrons. The molecule has 9 heavy (non-hydrogen) atoms. The van der Waals surface area contributed by atoms with E-state index >= 15 is 0 Å². The van der Waals surface area contributed by atoms with E-state index in [0.29, 0.717) is 0 Å². The topological polar surface area (TPSA) is 21.3 Å². The standard InChI is InChI=1S/C7H11NO/c1-3-8-5-7-6(1)2-4-9-7/h5-6,8H,1-4H2. The summed E-state index contributed by atoms with van der Waals surface area (Å²) in [5.41, 5.74) is 0. The molecule has 0 aliphatic carbocycles. The molecule has 2 heteroatoms. The summed E-state index contributed by atoms with van der Waals surface area (Å²) in [5.74, 6) is 1.92. The SMILES string of the molecule is C1=C2OCCC2CCN1. The summed E-state index contributed by atoms with van der Waals surface area (Å²) in [6.45, 7) is 2.05. The van der Waals surface area contributed by atoms with Gasteiger partial charge >= 0.3 is 0 Å². The van der Waals surface area contributed by atoms with E-state index in [9.17, 15) is 0 Å². The van der Waals surface area contributed by atoms with Crippen molar-refractivity contribution in [2.24, 2.45) is 5.92 Å². The minimum atomic E-state index is 0.742. The van der Waals surface area contributed by atoms with Crippen LogP contribution in [0.4, 0.5) is 0 Å². The molecule has 2 heterocycles. The Morgan fingerprint density at radius 1 is 1.56 bits per heavy atom. The van der Waals surface area contributed by atoms with E-state index < -0.39 is 0 Å². The summed E-state index contributed by atoms with van der Waals surface area (Å²) < 4.78 is 5.36. The van der Waals surface area contributed by atoms with E-state index in [2.05, 4.69) is 5.32 Å². The highest BCUT2D eigenvalue weighted by molar-refractivity contribution is 5.04. The second-order valence-electron chi connectivity index (χ2n) is 2.62. The molecule has 2 nitrogen and oxygen atoms in total. The van der Waals surface area contributed by atoms with Crippen molar-refractivity contribution in [1.82, 2.24) is 5.32 Å². The van der Waals surface area contributed by atoms with Gasteiger partial charge in [0.15, 0.2) is 0 Å². The summed E-state index contributed by atoms with van der Waals surface area (Å²) in [5, 5.41) is 3.17. The minimum Gasteiger partial charge on any atom is -0.496 e. The fourth-order valence-electron chi connectivity index (χ4n) is 1.46. The Hall–Kier alpha value is -0.660. The lowest BCUT2D eigenvalue weighted by Gasteiger charge is -2.15. The highest BCUT2D eigenvalue weighted by Crippen LogP contribution is 2.28. The van der Waals surface area contributed by atoms with Gasteiger partial charge in [-0.15, -0.1) is 0 Å². The van der Waals surface area contributed by atoms with E-state index in [1.807, 2.05) is 6.20 Å². The first-order chi connectivity index (χ1) is 4.47. The third kappa shape index (κ3) is 0.784. The van der Waals surface area contributed by atoms with Crippen molar-refractivity contribution in [3.63, 3.8) is 0 Å². The lowest BCUT2D eigenvalue weighted by atomic mass is 10.0. The van der Waals surface area contributed by atoms with Crippen molar-refractivity contribution in [1.29, 1.82) is 0 Å². The molecule has 0 saturated carbocycles. The zero-order chi connectivity index (χ0) is 6.10. The molecule has 50 valence electrons. The van der Waals surface area contributed by atoms with E-state index in [1.165, 1.54) is 18.6 Å². The predicted molar refractivity (Wildman–Crippen MR) is 34.8 cm³/mol. The molecule has 2 aliphatic rings. The van der Waals surface area contributed by atoms with Crippen LogP contribution < -0.4 is 5.32 Å². The van der Waals surface area contributed by atoms with Crippen molar-refractivity contribution in [2.75, 3.05) is 13.2 Å². The van der Waals surface area contributed by atoms with Crippen LogP contribution >= 0.6 is 0 Å². The van der Waals surface area contributed by atoms with Crippen LogP contribution in [0.15, 0.2) is 12.0 Å². The number of ether oxygens (including phenoxy) is 1. The maximum atomic E-state index is 5.36. The Morgan fingerprint density at radius 3 is 3.44 bits per heavy atom. The van der Waals surface area contributed by atoms with Crippen molar-refractivity contribution < 1.29 is 4.74 Å². The minimum absolute atomic E-state index is 0.742. The summed E-state index contributed by atoms with van der Waals surface area (Å²) >= 11 is 0. The zero-order valence-corrected chi connectivity index (χ0v) is 5.39. The van der Waals surface area contributed by atoms with Gasteiger partial charge in [-0.05, 0) is 12.8 Å². The quantitative estimate of drug-likeness (QED) is 0.518. The van der Waals surface area contributed by atoms with Crippen LogP contribution in [0.5, 0.6) is 0 Å². The number of fused-ring (bicyclic) bond motifs is 1. The van der Waals surface area contributed by atoms with Crippen LogP contribution in [0.1, 0.15) is 12.8 Å². The van der Waals surface area contributed by atoms with Gasteiger partial charge in [0.25, 0.3) is 0 Å². The van der Waals surface area contributed by atoms with Crippen LogP contribution in [0.2, 0.25) is 0 Å². The lowest BCUT2D eigenvalue weighted by Crippen LogP contribution is -2.18.